The topological polar surface area (TPSA) is 35.6 Å². The molecule has 0 unspecified atom stereocenters. The van der Waals surface area contributed by atoms with E-state index in [1.165, 1.54) is 38.9 Å². The number of hydrogen-bond acceptors (Lipinski definition) is 3. The molecule has 2 heterocycles. The highest BCUT2D eigenvalue weighted by Gasteiger charge is 2.46. The number of likely N-dealkylation sites (N-methyl/N-ethyl adjacent to an activating group) is 1. The van der Waals surface area contributed by atoms with Gasteiger partial charge in [0.15, 0.2) is 0 Å². The summed E-state index contributed by atoms with van der Waals surface area (Å²) in [5.74, 6) is 1.08. The summed E-state index contributed by atoms with van der Waals surface area (Å²) in [6.07, 6.45) is 3.85. The number of carbonyl (C=O) groups excluding carboxylic acids is 1. The smallest absolute Gasteiger partial charge is 0.236 e. The SMILES string of the molecule is CCNCC(=O)N1CC2(CCN(CCC(C)C)CC2)C1. The molecule has 2 rings (SSSR count). The number of piperidine rings is 1. The van der Waals surface area contributed by atoms with Crippen molar-refractivity contribution < 1.29 is 4.79 Å². The van der Waals surface area contributed by atoms with Crippen molar-refractivity contribution in [3.05, 3.63) is 0 Å². The van der Waals surface area contributed by atoms with Gasteiger partial charge in [0.25, 0.3) is 0 Å². The summed E-state index contributed by atoms with van der Waals surface area (Å²) in [5.41, 5.74) is 0.455. The Labute approximate surface area is 123 Å². The molecule has 2 saturated heterocycles. The van der Waals surface area contributed by atoms with E-state index in [0.29, 0.717) is 12.0 Å². The maximum atomic E-state index is 11.9. The molecule has 0 aromatic rings. The minimum absolute atomic E-state index is 0.278. The molecule has 0 saturated carbocycles. The van der Waals surface area contributed by atoms with E-state index in [9.17, 15) is 4.79 Å². The summed E-state index contributed by atoms with van der Waals surface area (Å²) in [7, 11) is 0. The first-order valence-electron chi connectivity index (χ1n) is 8.25. The maximum Gasteiger partial charge on any atom is 0.236 e. The van der Waals surface area contributed by atoms with E-state index in [2.05, 4.69) is 24.1 Å². The van der Waals surface area contributed by atoms with Gasteiger partial charge in [0.2, 0.25) is 5.91 Å². The van der Waals surface area contributed by atoms with Gasteiger partial charge in [-0.2, -0.15) is 0 Å². The predicted molar refractivity (Wildman–Crippen MR) is 82.7 cm³/mol. The lowest BCUT2D eigenvalue weighted by Gasteiger charge is -2.54. The zero-order chi connectivity index (χ0) is 14.6. The molecule has 116 valence electrons. The molecule has 0 bridgehead atoms. The van der Waals surface area contributed by atoms with Crippen LogP contribution in [-0.2, 0) is 4.79 Å². The largest absolute Gasteiger partial charge is 0.340 e. The molecular formula is C16H31N3O. The maximum absolute atomic E-state index is 11.9. The number of hydrogen-bond donors (Lipinski definition) is 1. The first-order valence-corrected chi connectivity index (χ1v) is 8.25. The summed E-state index contributed by atoms with van der Waals surface area (Å²) < 4.78 is 0. The molecule has 0 aliphatic carbocycles. The highest BCUT2D eigenvalue weighted by molar-refractivity contribution is 5.79. The van der Waals surface area contributed by atoms with E-state index in [1.54, 1.807) is 0 Å². The minimum Gasteiger partial charge on any atom is -0.340 e. The molecule has 4 heteroatoms. The second-order valence-corrected chi connectivity index (χ2v) is 7.05. The van der Waals surface area contributed by atoms with Crippen LogP contribution in [0.2, 0.25) is 0 Å². The molecule has 0 aromatic carbocycles. The molecule has 0 aromatic heterocycles. The van der Waals surface area contributed by atoms with Crippen LogP contribution in [0.25, 0.3) is 0 Å². The number of amides is 1. The second kappa shape index (κ2) is 6.90. The van der Waals surface area contributed by atoms with Crippen molar-refractivity contribution in [2.75, 3.05) is 45.8 Å². The first kappa shape index (κ1) is 15.8. The van der Waals surface area contributed by atoms with Gasteiger partial charge >= 0.3 is 0 Å². The Hall–Kier alpha value is -0.610. The summed E-state index contributed by atoms with van der Waals surface area (Å²) in [6, 6.07) is 0. The molecule has 1 spiro atoms. The van der Waals surface area contributed by atoms with E-state index in [-0.39, 0.29) is 5.91 Å². The third kappa shape index (κ3) is 3.95. The Morgan fingerprint density at radius 3 is 2.45 bits per heavy atom. The first-order chi connectivity index (χ1) is 9.54. The molecule has 4 nitrogen and oxygen atoms in total. The number of nitrogens with zero attached hydrogens (tertiary/aromatic N) is 2. The van der Waals surface area contributed by atoms with Crippen molar-refractivity contribution in [1.82, 2.24) is 15.1 Å². The van der Waals surface area contributed by atoms with Gasteiger partial charge in [0, 0.05) is 18.5 Å². The molecule has 0 atom stereocenters. The molecule has 0 radical (unpaired) electrons. The van der Waals surface area contributed by atoms with Gasteiger partial charge in [-0.05, 0) is 51.4 Å². The van der Waals surface area contributed by atoms with E-state index in [1.807, 2.05) is 11.8 Å². The van der Waals surface area contributed by atoms with Gasteiger partial charge in [-0.1, -0.05) is 20.8 Å². The van der Waals surface area contributed by atoms with Crippen molar-refractivity contribution in [3.8, 4) is 0 Å². The molecule has 2 aliphatic heterocycles. The van der Waals surface area contributed by atoms with Crippen LogP contribution in [0.15, 0.2) is 0 Å². The molecule has 20 heavy (non-hydrogen) atoms. The van der Waals surface area contributed by atoms with Crippen molar-refractivity contribution >= 4 is 5.91 Å². The van der Waals surface area contributed by atoms with Gasteiger partial charge in [0.05, 0.1) is 6.54 Å². The summed E-state index contributed by atoms with van der Waals surface area (Å²) in [6.45, 7) is 13.7. The van der Waals surface area contributed by atoms with Crippen LogP contribution in [0.5, 0.6) is 0 Å². The summed E-state index contributed by atoms with van der Waals surface area (Å²) >= 11 is 0. The van der Waals surface area contributed by atoms with Crippen LogP contribution in [0.1, 0.15) is 40.0 Å². The molecule has 2 aliphatic rings. The Balaban J connectivity index is 1.66. The highest BCUT2D eigenvalue weighted by Crippen LogP contribution is 2.40. The van der Waals surface area contributed by atoms with Crippen LogP contribution >= 0.6 is 0 Å². The van der Waals surface area contributed by atoms with Gasteiger partial charge in [0.1, 0.15) is 0 Å². The average molecular weight is 281 g/mol. The van der Waals surface area contributed by atoms with Crippen molar-refractivity contribution in [2.24, 2.45) is 11.3 Å². The predicted octanol–water partition coefficient (Wildman–Crippen LogP) is 1.57. The quantitative estimate of drug-likeness (QED) is 0.803. The van der Waals surface area contributed by atoms with Crippen LogP contribution < -0.4 is 5.32 Å². The number of rotatable bonds is 6. The number of likely N-dealkylation sites (tertiary alicyclic amines) is 2. The van der Waals surface area contributed by atoms with E-state index >= 15 is 0 Å². The van der Waals surface area contributed by atoms with Crippen LogP contribution in [0.4, 0.5) is 0 Å². The second-order valence-electron chi connectivity index (χ2n) is 7.05. The number of nitrogens with one attached hydrogen (secondary N) is 1. The highest BCUT2D eigenvalue weighted by atomic mass is 16.2. The van der Waals surface area contributed by atoms with Crippen LogP contribution in [0.3, 0.4) is 0 Å². The lowest BCUT2D eigenvalue weighted by molar-refractivity contribution is -0.145. The van der Waals surface area contributed by atoms with Crippen LogP contribution in [0, 0.1) is 11.3 Å². The van der Waals surface area contributed by atoms with E-state index in [0.717, 1.165) is 25.6 Å². The third-order valence-electron chi connectivity index (χ3n) is 4.87. The third-order valence-corrected chi connectivity index (χ3v) is 4.87. The van der Waals surface area contributed by atoms with E-state index < -0.39 is 0 Å². The molecule has 1 amide bonds. The Morgan fingerprint density at radius 1 is 1.25 bits per heavy atom. The summed E-state index contributed by atoms with van der Waals surface area (Å²) in [5, 5.41) is 3.12. The average Bonchev–Trinajstić information content (AvgIpc) is 2.40. The van der Waals surface area contributed by atoms with E-state index in [4.69, 9.17) is 0 Å². The fraction of sp³-hybridized carbons (Fsp3) is 0.938. The monoisotopic (exact) mass is 281 g/mol. The van der Waals surface area contributed by atoms with Crippen molar-refractivity contribution in [3.63, 3.8) is 0 Å². The standard InChI is InChI=1S/C16H31N3O/c1-4-17-11-15(20)19-12-16(13-19)6-9-18(10-7-16)8-5-14(2)3/h14,17H,4-13H2,1-3H3. The minimum atomic E-state index is 0.278. The Morgan fingerprint density at radius 2 is 1.90 bits per heavy atom. The molecule has 1 N–H and O–H groups in total. The lowest BCUT2D eigenvalue weighted by atomic mass is 9.72. The zero-order valence-electron chi connectivity index (χ0n) is 13.5. The zero-order valence-corrected chi connectivity index (χ0v) is 13.5. The Bertz CT molecular complexity index is 314. The summed E-state index contributed by atoms with van der Waals surface area (Å²) in [4.78, 5) is 16.5. The normalized spacial score (nSPS) is 22.3. The van der Waals surface area contributed by atoms with Crippen molar-refractivity contribution in [1.29, 1.82) is 0 Å². The van der Waals surface area contributed by atoms with Gasteiger partial charge < -0.3 is 15.1 Å². The van der Waals surface area contributed by atoms with Gasteiger partial charge in [-0.15, -0.1) is 0 Å². The van der Waals surface area contributed by atoms with Crippen LogP contribution in [-0.4, -0.2) is 61.5 Å². The fourth-order valence-electron chi connectivity index (χ4n) is 3.29. The lowest BCUT2D eigenvalue weighted by Crippen LogP contribution is -2.63. The van der Waals surface area contributed by atoms with Crippen molar-refractivity contribution in [2.45, 2.75) is 40.0 Å². The fourth-order valence-corrected chi connectivity index (χ4v) is 3.29. The molecular weight excluding hydrogens is 250 g/mol. The Kier molecular flexibility index (Phi) is 5.44. The molecule has 2 fully saturated rings. The van der Waals surface area contributed by atoms with Gasteiger partial charge in [-0.25, -0.2) is 0 Å². The van der Waals surface area contributed by atoms with Gasteiger partial charge in [-0.3, -0.25) is 4.79 Å². The number of carbonyl (C=O) groups is 1.